The van der Waals surface area contributed by atoms with Gasteiger partial charge >= 0.3 is 0 Å². The van der Waals surface area contributed by atoms with Crippen molar-refractivity contribution in [2.75, 3.05) is 49.6 Å². The zero-order chi connectivity index (χ0) is 25.2. The van der Waals surface area contributed by atoms with Gasteiger partial charge in [0.1, 0.15) is 17.5 Å². The molecule has 0 radical (unpaired) electrons. The van der Waals surface area contributed by atoms with Crippen LogP contribution in [0.2, 0.25) is 0 Å². The van der Waals surface area contributed by atoms with Gasteiger partial charge in [0.2, 0.25) is 0 Å². The number of anilines is 2. The van der Waals surface area contributed by atoms with Gasteiger partial charge in [-0.3, -0.25) is 9.88 Å². The zero-order valence-electron chi connectivity index (χ0n) is 21.0. The predicted molar refractivity (Wildman–Crippen MR) is 136 cm³/mol. The second-order valence-electron chi connectivity index (χ2n) is 9.86. The van der Waals surface area contributed by atoms with E-state index in [4.69, 9.17) is 19.4 Å². The molecule has 2 aliphatic heterocycles. The quantitative estimate of drug-likeness (QED) is 0.537. The Morgan fingerprint density at radius 1 is 1.03 bits per heavy atom. The highest BCUT2D eigenvalue weighted by Crippen LogP contribution is 2.30. The number of ether oxygens (including phenoxy) is 2. The molecule has 0 amide bonds. The maximum atomic E-state index is 13.8. The Kier molecular flexibility index (Phi) is 7.32. The van der Waals surface area contributed by atoms with E-state index in [1.54, 1.807) is 0 Å². The topological polar surface area (TPSA) is 62.8 Å². The molecule has 0 spiro atoms. The van der Waals surface area contributed by atoms with Crippen LogP contribution in [-0.4, -0.2) is 66.5 Å². The average Bonchev–Trinajstić information content (AvgIpc) is 2.82. The Hall–Kier alpha value is -2.88. The number of hydrogen-bond donors (Lipinski definition) is 1. The minimum Gasteiger partial charge on any atom is -0.378 e. The van der Waals surface area contributed by atoms with E-state index in [1.165, 1.54) is 12.1 Å². The van der Waals surface area contributed by atoms with E-state index in [0.717, 1.165) is 66.8 Å². The SMILES string of the molecule is CC1CN(Cc2cc(C(C)Nc3cc(F)cc(F)c3)c3nc(N4CCOCC4)cnc3c2)CC(C)O1. The number of aromatic nitrogens is 2. The van der Waals surface area contributed by atoms with E-state index in [2.05, 4.69) is 41.1 Å². The van der Waals surface area contributed by atoms with Gasteiger partial charge in [-0.05, 0) is 44.5 Å². The van der Waals surface area contributed by atoms with Crippen molar-refractivity contribution in [3.05, 3.63) is 59.3 Å². The van der Waals surface area contributed by atoms with Crippen LogP contribution in [0.1, 0.15) is 37.9 Å². The lowest BCUT2D eigenvalue weighted by atomic mass is 10.0. The molecule has 1 N–H and O–H groups in total. The van der Waals surface area contributed by atoms with Crippen LogP contribution in [0.4, 0.5) is 20.3 Å². The molecule has 3 aromatic rings. The predicted octanol–water partition coefficient (Wildman–Crippen LogP) is 4.53. The standard InChI is InChI=1S/C27H33F2N5O2/c1-17-14-33(15-18(2)36-17)16-20-8-24(19(3)31-23-11-21(28)10-22(29)12-23)27-25(9-20)30-13-26(32-27)34-4-6-35-7-5-34/h8-13,17-19,31H,4-7,14-16H2,1-3H3. The van der Waals surface area contributed by atoms with Gasteiger partial charge in [-0.25, -0.2) is 13.8 Å². The Labute approximate surface area is 210 Å². The summed E-state index contributed by atoms with van der Waals surface area (Å²) in [7, 11) is 0. The Morgan fingerprint density at radius 2 is 1.72 bits per heavy atom. The lowest BCUT2D eigenvalue weighted by Gasteiger charge is -2.35. The number of hydrogen-bond acceptors (Lipinski definition) is 7. The minimum atomic E-state index is -0.617. The first kappa shape index (κ1) is 24.8. The smallest absolute Gasteiger partial charge is 0.148 e. The number of fused-ring (bicyclic) bond motifs is 1. The van der Waals surface area contributed by atoms with E-state index in [-0.39, 0.29) is 18.2 Å². The van der Waals surface area contributed by atoms with Crippen LogP contribution >= 0.6 is 0 Å². The van der Waals surface area contributed by atoms with Crippen molar-refractivity contribution in [2.24, 2.45) is 0 Å². The first-order valence-corrected chi connectivity index (χ1v) is 12.6. The summed E-state index contributed by atoms with van der Waals surface area (Å²) in [4.78, 5) is 14.3. The summed E-state index contributed by atoms with van der Waals surface area (Å²) in [5.74, 6) is -0.429. The van der Waals surface area contributed by atoms with E-state index in [1.807, 2.05) is 13.1 Å². The monoisotopic (exact) mass is 497 g/mol. The van der Waals surface area contributed by atoms with Crippen molar-refractivity contribution >= 4 is 22.5 Å². The van der Waals surface area contributed by atoms with Crippen LogP contribution in [0, 0.1) is 11.6 Å². The van der Waals surface area contributed by atoms with Gasteiger partial charge in [-0.1, -0.05) is 6.07 Å². The highest BCUT2D eigenvalue weighted by molar-refractivity contribution is 5.81. The maximum Gasteiger partial charge on any atom is 0.148 e. The first-order chi connectivity index (χ1) is 17.3. The second-order valence-corrected chi connectivity index (χ2v) is 9.86. The van der Waals surface area contributed by atoms with E-state index >= 15 is 0 Å². The normalized spacial score (nSPS) is 22.1. The number of morpholine rings is 2. The molecule has 1 aromatic heterocycles. The molecular formula is C27H33F2N5O2. The molecule has 192 valence electrons. The summed E-state index contributed by atoms with van der Waals surface area (Å²) in [6.45, 7) is 11.5. The Balaban J connectivity index is 1.50. The van der Waals surface area contributed by atoms with Gasteiger partial charge in [0, 0.05) is 50.0 Å². The lowest BCUT2D eigenvalue weighted by molar-refractivity contribution is -0.0704. The van der Waals surface area contributed by atoms with Crippen molar-refractivity contribution in [3.63, 3.8) is 0 Å². The number of benzene rings is 2. The first-order valence-electron chi connectivity index (χ1n) is 12.6. The van der Waals surface area contributed by atoms with E-state index in [9.17, 15) is 8.78 Å². The molecule has 9 heteroatoms. The van der Waals surface area contributed by atoms with Gasteiger partial charge < -0.3 is 19.7 Å². The summed E-state index contributed by atoms with van der Waals surface area (Å²) in [6, 6.07) is 7.44. The molecule has 2 aromatic carbocycles. The molecule has 0 bridgehead atoms. The Bertz CT molecular complexity index is 1190. The third kappa shape index (κ3) is 5.74. The van der Waals surface area contributed by atoms with Crippen molar-refractivity contribution in [1.82, 2.24) is 14.9 Å². The summed E-state index contributed by atoms with van der Waals surface area (Å²) in [5, 5.41) is 3.26. The van der Waals surface area contributed by atoms with Crippen molar-refractivity contribution in [2.45, 2.75) is 45.6 Å². The van der Waals surface area contributed by atoms with Crippen LogP contribution in [-0.2, 0) is 16.0 Å². The molecule has 3 unspecified atom stereocenters. The highest BCUT2D eigenvalue weighted by Gasteiger charge is 2.23. The number of nitrogens with zero attached hydrogens (tertiary/aromatic N) is 4. The van der Waals surface area contributed by atoms with Gasteiger partial charge in [0.15, 0.2) is 0 Å². The highest BCUT2D eigenvalue weighted by atomic mass is 19.1. The summed E-state index contributed by atoms with van der Waals surface area (Å²) in [5.41, 5.74) is 4.01. The third-order valence-corrected chi connectivity index (χ3v) is 6.67. The van der Waals surface area contributed by atoms with Crippen LogP contribution in [0.3, 0.4) is 0 Å². The molecule has 2 saturated heterocycles. The molecular weight excluding hydrogens is 464 g/mol. The summed E-state index contributed by atoms with van der Waals surface area (Å²) >= 11 is 0. The molecule has 2 fully saturated rings. The molecule has 7 nitrogen and oxygen atoms in total. The molecule has 0 saturated carbocycles. The van der Waals surface area contributed by atoms with Crippen LogP contribution in [0.5, 0.6) is 0 Å². The lowest BCUT2D eigenvalue weighted by Crippen LogP contribution is -2.44. The molecule has 2 aliphatic rings. The zero-order valence-corrected chi connectivity index (χ0v) is 21.0. The third-order valence-electron chi connectivity index (χ3n) is 6.67. The van der Waals surface area contributed by atoms with E-state index < -0.39 is 11.6 Å². The molecule has 5 rings (SSSR count). The van der Waals surface area contributed by atoms with Crippen LogP contribution < -0.4 is 10.2 Å². The number of rotatable bonds is 6. The molecule has 0 aliphatic carbocycles. The second kappa shape index (κ2) is 10.6. The molecule has 36 heavy (non-hydrogen) atoms. The van der Waals surface area contributed by atoms with E-state index in [0.29, 0.717) is 18.9 Å². The van der Waals surface area contributed by atoms with Crippen molar-refractivity contribution < 1.29 is 18.3 Å². The summed E-state index contributed by atoms with van der Waals surface area (Å²) in [6.07, 6.45) is 2.17. The average molecular weight is 498 g/mol. The Morgan fingerprint density at radius 3 is 2.42 bits per heavy atom. The fourth-order valence-electron chi connectivity index (χ4n) is 5.20. The summed E-state index contributed by atoms with van der Waals surface area (Å²) < 4.78 is 39.1. The van der Waals surface area contributed by atoms with Gasteiger partial charge in [0.25, 0.3) is 0 Å². The number of nitrogens with one attached hydrogen (secondary N) is 1. The van der Waals surface area contributed by atoms with Crippen LogP contribution in [0.25, 0.3) is 11.0 Å². The largest absolute Gasteiger partial charge is 0.378 e. The fraction of sp³-hybridized carbons (Fsp3) is 0.481. The van der Waals surface area contributed by atoms with Crippen molar-refractivity contribution in [3.8, 4) is 0 Å². The van der Waals surface area contributed by atoms with Crippen molar-refractivity contribution in [1.29, 1.82) is 0 Å². The van der Waals surface area contributed by atoms with Crippen LogP contribution in [0.15, 0.2) is 36.5 Å². The molecule has 3 heterocycles. The van der Waals surface area contributed by atoms with Gasteiger partial charge in [-0.2, -0.15) is 0 Å². The number of halogens is 2. The fourth-order valence-corrected chi connectivity index (χ4v) is 5.20. The van der Waals surface area contributed by atoms with Gasteiger partial charge in [-0.15, -0.1) is 0 Å². The maximum absolute atomic E-state index is 13.8. The molecule has 3 atom stereocenters. The van der Waals surface area contributed by atoms with Gasteiger partial charge in [0.05, 0.1) is 48.7 Å². The minimum absolute atomic E-state index is 0.174.